The Morgan fingerprint density at radius 2 is 2.14 bits per heavy atom. The second-order valence-electron chi connectivity index (χ2n) is 5.40. The predicted octanol–water partition coefficient (Wildman–Crippen LogP) is 1.85. The molecule has 3 aromatic rings. The van der Waals surface area contributed by atoms with Crippen LogP contribution in [-0.4, -0.2) is 26.0 Å². The first-order valence-electron chi connectivity index (χ1n) is 7.25. The van der Waals surface area contributed by atoms with Crippen LogP contribution in [0.4, 0.5) is 0 Å². The maximum atomic E-state index is 5.43. The number of rotatable bonds is 3. The van der Waals surface area contributed by atoms with Crippen LogP contribution < -0.4 is 10.9 Å². The molecule has 0 saturated carbocycles. The summed E-state index contributed by atoms with van der Waals surface area (Å²) in [5.74, 6) is 1.17. The quantitative estimate of drug-likeness (QED) is 0.767. The van der Waals surface area contributed by atoms with Crippen molar-refractivity contribution < 1.29 is 4.52 Å². The molecule has 1 aliphatic heterocycles. The highest BCUT2D eigenvalue weighted by Crippen LogP contribution is 2.27. The Morgan fingerprint density at radius 3 is 2.91 bits per heavy atom. The molecule has 0 aliphatic carbocycles. The second kappa shape index (κ2) is 5.36. The molecule has 1 aromatic carbocycles. The first-order valence-corrected chi connectivity index (χ1v) is 7.25. The van der Waals surface area contributed by atoms with Gasteiger partial charge in [-0.2, -0.15) is 10.1 Å². The van der Waals surface area contributed by atoms with E-state index in [9.17, 15) is 0 Å². The molecule has 0 radical (unpaired) electrons. The molecule has 4 rings (SSSR count). The molecular weight excluding hydrogens is 280 g/mol. The number of nitrogens with one attached hydrogen (secondary N) is 2. The van der Waals surface area contributed by atoms with E-state index in [2.05, 4.69) is 33.0 Å². The first kappa shape index (κ1) is 13.2. The van der Waals surface area contributed by atoms with Crippen LogP contribution in [0.3, 0.4) is 0 Å². The van der Waals surface area contributed by atoms with Gasteiger partial charge in [0, 0.05) is 24.0 Å². The van der Waals surface area contributed by atoms with Crippen LogP contribution in [0.1, 0.15) is 25.3 Å². The summed E-state index contributed by atoms with van der Waals surface area (Å²) >= 11 is 0. The van der Waals surface area contributed by atoms with Crippen LogP contribution in [0.2, 0.25) is 0 Å². The van der Waals surface area contributed by atoms with Gasteiger partial charge in [0.15, 0.2) is 0 Å². The summed E-state index contributed by atoms with van der Waals surface area (Å²) in [5.41, 5.74) is 8.14. The van der Waals surface area contributed by atoms with Gasteiger partial charge in [0.25, 0.3) is 0 Å². The first-order chi connectivity index (χ1) is 10.8. The third-order valence-corrected chi connectivity index (χ3v) is 3.73. The monoisotopic (exact) mass is 296 g/mol. The summed E-state index contributed by atoms with van der Waals surface area (Å²) in [5, 5.41) is 8.41. The Hall–Kier alpha value is -2.51. The Labute approximate surface area is 127 Å². The van der Waals surface area contributed by atoms with Gasteiger partial charge in [-0.15, -0.1) is 0 Å². The lowest BCUT2D eigenvalue weighted by Crippen LogP contribution is -2.28. The molecule has 2 unspecified atom stereocenters. The molecule has 1 saturated heterocycles. The van der Waals surface area contributed by atoms with Gasteiger partial charge in [-0.1, -0.05) is 17.3 Å². The molecule has 1 aliphatic rings. The fourth-order valence-corrected chi connectivity index (χ4v) is 2.64. The lowest BCUT2D eigenvalue weighted by atomic mass is 10.1. The number of benzene rings is 1. The molecule has 3 heterocycles. The van der Waals surface area contributed by atoms with Gasteiger partial charge < -0.3 is 4.52 Å². The van der Waals surface area contributed by atoms with Gasteiger partial charge in [0.2, 0.25) is 11.7 Å². The highest BCUT2D eigenvalue weighted by molar-refractivity contribution is 5.66. The minimum atomic E-state index is 0.0492. The van der Waals surface area contributed by atoms with Crippen LogP contribution in [0.15, 0.2) is 47.2 Å². The third kappa shape index (κ3) is 2.30. The van der Waals surface area contributed by atoms with Gasteiger partial charge in [-0.25, -0.2) is 10.1 Å². The molecule has 1 fully saturated rings. The standard InChI is InChI=1S/C15H16N6O/c1-10-9-12(19-18-10)15-17-14(20-22-15)11-5-2-3-6-13(11)21-8-4-7-16-21/h2-8,10,12,18-19H,9H2,1H3. The molecule has 22 heavy (non-hydrogen) atoms. The van der Waals surface area contributed by atoms with E-state index in [1.165, 1.54) is 0 Å². The Kier molecular flexibility index (Phi) is 3.21. The molecule has 7 heteroatoms. The number of hydrazine groups is 1. The highest BCUT2D eigenvalue weighted by Gasteiger charge is 2.27. The molecule has 7 nitrogen and oxygen atoms in total. The zero-order valence-electron chi connectivity index (χ0n) is 12.1. The summed E-state index contributed by atoms with van der Waals surface area (Å²) in [6, 6.07) is 10.2. The van der Waals surface area contributed by atoms with E-state index in [0.29, 0.717) is 17.8 Å². The van der Waals surface area contributed by atoms with Crippen molar-refractivity contribution in [2.24, 2.45) is 0 Å². The summed E-state index contributed by atoms with van der Waals surface area (Å²) in [4.78, 5) is 4.55. The highest BCUT2D eigenvalue weighted by atomic mass is 16.5. The molecule has 2 N–H and O–H groups in total. The van der Waals surface area contributed by atoms with Crippen molar-refractivity contribution in [2.75, 3.05) is 0 Å². The van der Waals surface area contributed by atoms with Crippen LogP contribution in [-0.2, 0) is 0 Å². The van der Waals surface area contributed by atoms with Crippen LogP contribution in [0.25, 0.3) is 17.1 Å². The number of hydrogen-bond acceptors (Lipinski definition) is 6. The van der Waals surface area contributed by atoms with Crippen molar-refractivity contribution in [3.63, 3.8) is 0 Å². The molecule has 2 aromatic heterocycles. The van der Waals surface area contributed by atoms with Gasteiger partial charge >= 0.3 is 0 Å². The van der Waals surface area contributed by atoms with E-state index in [1.807, 2.05) is 36.5 Å². The van der Waals surface area contributed by atoms with E-state index in [-0.39, 0.29) is 6.04 Å². The normalized spacial score (nSPS) is 21.3. The van der Waals surface area contributed by atoms with Crippen molar-refractivity contribution in [3.05, 3.63) is 48.6 Å². The smallest absolute Gasteiger partial charge is 0.245 e. The zero-order chi connectivity index (χ0) is 14.9. The molecular formula is C15H16N6O. The Balaban J connectivity index is 1.70. The van der Waals surface area contributed by atoms with Crippen molar-refractivity contribution in [1.29, 1.82) is 0 Å². The average Bonchev–Trinajstić information content (AvgIpc) is 3.28. The maximum Gasteiger partial charge on any atom is 0.245 e. The van der Waals surface area contributed by atoms with Crippen molar-refractivity contribution in [1.82, 2.24) is 30.8 Å². The van der Waals surface area contributed by atoms with E-state index in [4.69, 9.17) is 4.52 Å². The predicted molar refractivity (Wildman–Crippen MR) is 79.9 cm³/mol. The van der Waals surface area contributed by atoms with Crippen LogP contribution >= 0.6 is 0 Å². The van der Waals surface area contributed by atoms with Gasteiger partial charge in [-0.05, 0) is 31.5 Å². The van der Waals surface area contributed by atoms with E-state index < -0.39 is 0 Å². The van der Waals surface area contributed by atoms with Gasteiger partial charge in [0.05, 0.1) is 5.69 Å². The van der Waals surface area contributed by atoms with Crippen LogP contribution in [0, 0.1) is 0 Å². The van der Waals surface area contributed by atoms with E-state index in [0.717, 1.165) is 17.7 Å². The minimum Gasteiger partial charge on any atom is -0.337 e. The van der Waals surface area contributed by atoms with Gasteiger partial charge in [-0.3, -0.25) is 5.43 Å². The number of nitrogens with zero attached hydrogens (tertiary/aromatic N) is 4. The van der Waals surface area contributed by atoms with Crippen molar-refractivity contribution in [2.45, 2.75) is 25.4 Å². The summed E-state index contributed by atoms with van der Waals surface area (Å²) in [7, 11) is 0. The van der Waals surface area contributed by atoms with Crippen molar-refractivity contribution >= 4 is 0 Å². The fourth-order valence-electron chi connectivity index (χ4n) is 2.64. The summed E-state index contributed by atoms with van der Waals surface area (Å²) in [6.45, 7) is 2.11. The summed E-state index contributed by atoms with van der Waals surface area (Å²) in [6.07, 6.45) is 4.56. The molecule has 112 valence electrons. The average molecular weight is 296 g/mol. The maximum absolute atomic E-state index is 5.43. The van der Waals surface area contributed by atoms with E-state index in [1.54, 1.807) is 10.9 Å². The van der Waals surface area contributed by atoms with E-state index >= 15 is 0 Å². The minimum absolute atomic E-state index is 0.0492. The number of aromatic nitrogens is 4. The van der Waals surface area contributed by atoms with Crippen molar-refractivity contribution in [3.8, 4) is 17.1 Å². The molecule has 0 spiro atoms. The zero-order valence-corrected chi connectivity index (χ0v) is 12.1. The topological polar surface area (TPSA) is 80.8 Å². The molecule has 2 atom stereocenters. The number of hydrogen-bond donors (Lipinski definition) is 2. The lowest BCUT2D eigenvalue weighted by Gasteiger charge is -2.05. The second-order valence-corrected chi connectivity index (χ2v) is 5.40. The SMILES string of the molecule is CC1CC(c2nc(-c3ccccc3-n3cccn3)no2)NN1. The fraction of sp³-hybridized carbons (Fsp3) is 0.267. The number of para-hydroxylation sites is 1. The lowest BCUT2D eigenvalue weighted by molar-refractivity contribution is 0.340. The Bertz CT molecular complexity index is 766. The molecule has 0 amide bonds. The van der Waals surface area contributed by atoms with Crippen LogP contribution in [0.5, 0.6) is 0 Å². The molecule has 0 bridgehead atoms. The summed E-state index contributed by atoms with van der Waals surface area (Å²) < 4.78 is 7.22. The Morgan fingerprint density at radius 1 is 1.23 bits per heavy atom. The third-order valence-electron chi connectivity index (χ3n) is 3.73. The largest absolute Gasteiger partial charge is 0.337 e. The van der Waals surface area contributed by atoms with Gasteiger partial charge in [0.1, 0.15) is 6.04 Å².